The van der Waals surface area contributed by atoms with Gasteiger partial charge >= 0.3 is 0 Å². The molecule has 2 N–H and O–H groups in total. The molecule has 0 saturated carbocycles. The molecule has 0 bridgehead atoms. The average Bonchev–Trinajstić information content (AvgIpc) is 3.45. The van der Waals surface area contributed by atoms with Gasteiger partial charge in [-0.25, -0.2) is 4.98 Å². The van der Waals surface area contributed by atoms with E-state index >= 15 is 0 Å². The van der Waals surface area contributed by atoms with Crippen LogP contribution in [-0.2, 0) is 6.54 Å². The number of fused-ring (bicyclic) bond motifs is 1. The molecule has 1 saturated heterocycles. The number of nitrogens with one attached hydrogen (secondary N) is 2. The number of piperidine rings is 1. The average molecular weight is 439 g/mol. The number of thiophene rings is 1. The maximum atomic E-state index is 4.97. The minimum Gasteiger partial charge on any atom is -0.357 e. The SMILES string of the molecule is CCNC(=NCC1CCCN(C)C1c1cccs1)NCCCn1cnc2ccccc21. The molecule has 0 spiro atoms. The van der Waals surface area contributed by atoms with E-state index in [1.165, 1.54) is 29.8 Å². The molecule has 6 nitrogen and oxygen atoms in total. The number of hydrogen-bond donors (Lipinski definition) is 2. The Balaban J connectivity index is 1.32. The number of likely N-dealkylation sites (tertiary alicyclic amines) is 1. The van der Waals surface area contributed by atoms with E-state index in [9.17, 15) is 0 Å². The minimum atomic E-state index is 0.481. The van der Waals surface area contributed by atoms with Crippen molar-refractivity contribution in [2.45, 2.75) is 38.8 Å². The monoisotopic (exact) mass is 438 g/mol. The number of aliphatic imine (C=N–C) groups is 1. The van der Waals surface area contributed by atoms with Crippen LogP contribution in [-0.4, -0.2) is 53.6 Å². The Morgan fingerprint density at radius 1 is 1.23 bits per heavy atom. The molecule has 7 heteroatoms. The first kappa shape index (κ1) is 21.8. The van der Waals surface area contributed by atoms with Gasteiger partial charge in [-0.2, -0.15) is 0 Å². The van der Waals surface area contributed by atoms with E-state index in [2.05, 4.69) is 74.8 Å². The van der Waals surface area contributed by atoms with Crippen molar-refractivity contribution in [3.63, 3.8) is 0 Å². The van der Waals surface area contributed by atoms with Gasteiger partial charge in [0.1, 0.15) is 0 Å². The molecular weight excluding hydrogens is 404 g/mol. The van der Waals surface area contributed by atoms with Crippen LogP contribution in [0.1, 0.15) is 37.1 Å². The number of hydrogen-bond acceptors (Lipinski definition) is 4. The molecule has 2 unspecified atom stereocenters. The second kappa shape index (κ2) is 10.8. The number of imidazole rings is 1. The molecule has 3 aromatic rings. The molecule has 0 amide bonds. The lowest BCUT2D eigenvalue weighted by Gasteiger charge is -2.38. The van der Waals surface area contributed by atoms with E-state index in [1.54, 1.807) is 0 Å². The Hall–Kier alpha value is -2.38. The lowest BCUT2D eigenvalue weighted by Crippen LogP contribution is -2.40. The van der Waals surface area contributed by atoms with E-state index < -0.39 is 0 Å². The largest absolute Gasteiger partial charge is 0.357 e. The van der Waals surface area contributed by atoms with Gasteiger partial charge in [-0.3, -0.25) is 9.89 Å². The van der Waals surface area contributed by atoms with Crippen molar-refractivity contribution in [2.75, 3.05) is 33.2 Å². The third-order valence-electron chi connectivity index (χ3n) is 6.07. The zero-order valence-corrected chi connectivity index (χ0v) is 19.4. The molecule has 2 atom stereocenters. The molecule has 1 aliphatic heterocycles. The number of guanidine groups is 1. The number of aryl methyl sites for hydroxylation is 1. The van der Waals surface area contributed by atoms with Crippen molar-refractivity contribution in [3.8, 4) is 0 Å². The lowest BCUT2D eigenvalue weighted by molar-refractivity contribution is 0.128. The molecule has 31 heavy (non-hydrogen) atoms. The Morgan fingerprint density at radius 3 is 2.97 bits per heavy atom. The van der Waals surface area contributed by atoms with Crippen LogP contribution in [0.4, 0.5) is 0 Å². The summed E-state index contributed by atoms with van der Waals surface area (Å²) in [5.41, 5.74) is 2.26. The molecule has 3 heterocycles. The Kier molecular flexibility index (Phi) is 7.59. The molecule has 1 aromatic carbocycles. The lowest BCUT2D eigenvalue weighted by atomic mass is 9.88. The van der Waals surface area contributed by atoms with Crippen LogP contribution in [0.25, 0.3) is 11.0 Å². The fourth-order valence-corrected chi connectivity index (χ4v) is 5.54. The maximum absolute atomic E-state index is 4.97. The zero-order valence-electron chi connectivity index (χ0n) is 18.6. The smallest absolute Gasteiger partial charge is 0.191 e. The summed E-state index contributed by atoms with van der Waals surface area (Å²) in [5, 5.41) is 9.13. The molecular formula is C24H34N6S. The fraction of sp³-hybridized carbons (Fsp3) is 0.500. The number of rotatable bonds is 8. The van der Waals surface area contributed by atoms with Crippen molar-refractivity contribution in [1.82, 2.24) is 25.1 Å². The van der Waals surface area contributed by atoms with Crippen LogP contribution in [0.2, 0.25) is 0 Å². The van der Waals surface area contributed by atoms with Crippen LogP contribution in [0, 0.1) is 5.92 Å². The van der Waals surface area contributed by atoms with Crippen LogP contribution in [0.5, 0.6) is 0 Å². The third kappa shape index (κ3) is 5.46. The van der Waals surface area contributed by atoms with Gasteiger partial charge in [-0.05, 0) is 69.3 Å². The quantitative estimate of drug-likeness (QED) is 0.315. The molecule has 0 radical (unpaired) electrons. The van der Waals surface area contributed by atoms with Crippen LogP contribution < -0.4 is 10.6 Å². The summed E-state index contributed by atoms with van der Waals surface area (Å²) < 4.78 is 2.23. The summed E-state index contributed by atoms with van der Waals surface area (Å²) >= 11 is 1.87. The summed E-state index contributed by atoms with van der Waals surface area (Å²) in [4.78, 5) is 13.4. The van der Waals surface area contributed by atoms with Gasteiger partial charge < -0.3 is 15.2 Å². The van der Waals surface area contributed by atoms with Crippen molar-refractivity contribution in [2.24, 2.45) is 10.9 Å². The first-order chi connectivity index (χ1) is 15.3. The second-order valence-corrected chi connectivity index (χ2v) is 9.25. The highest BCUT2D eigenvalue weighted by atomic mass is 32.1. The third-order valence-corrected chi connectivity index (χ3v) is 7.01. The molecule has 4 rings (SSSR count). The zero-order chi connectivity index (χ0) is 21.5. The molecule has 166 valence electrons. The van der Waals surface area contributed by atoms with Gasteiger partial charge in [0.05, 0.1) is 17.4 Å². The topological polar surface area (TPSA) is 57.5 Å². The first-order valence-electron chi connectivity index (χ1n) is 11.4. The summed E-state index contributed by atoms with van der Waals surface area (Å²) in [6, 6.07) is 13.2. The number of benzene rings is 1. The van der Waals surface area contributed by atoms with Crippen molar-refractivity contribution >= 4 is 28.3 Å². The van der Waals surface area contributed by atoms with E-state index in [4.69, 9.17) is 4.99 Å². The van der Waals surface area contributed by atoms with Crippen LogP contribution in [0.3, 0.4) is 0 Å². The summed E-state index contributed by atoms with van der Waals surface area (Å²) in [6.45, 7) is 6.85. The van der Waals surface area contributed by atoms with Gasteiger partial charge in [-0.15, -0.1) is 11.3 Å². The number of para-hydroxylation sites is 2. The second-order valence-electron chi connectivity index (χ2n) is 8.27. The van der Waals surface area contributed by atoms with Crippen LogP contribution in [0.15, 0.2) is 53.1 Å². The van der Waals surface area contributed by atoms with Crippen molar-refractivity contribution < 1.29 is 0 Å². The van der Waals surface area contributed by atoms with Crippen molar-refractivity contribution in [1.29, 1.82) is 0 Å². The molecule has 0 aliphatic carbocycles. The minimum absolute atomic E-state index is 0.481. The van der Waals surface area contributed by atoms with Gasteiger partial charge in [0.25, 0.3) is 0 Å². The fourth-order valence-electron chi connectivity index (χ4n) is 4.55. The highest BCUT2D eigenvalue weighted by Gasteiger charge is 2.31. The van der Waals surface area contributed by atoms with E-state index in [0.29, 0.717) is 12.0 Å². The standard InChI is InChI=1S/C24H34N6S/c1-3-25-24(26-13-8-15-30-18-28-20-10-4-5-11-21(20)30)27-17-19-9-6-14-29(2)23(19)22-12-7-16-31-22/h4-5,7,10-12,16,18-19,23H,3,6,8-9,13-15,17H2,1-2H3,(H2,25,26,27). The van der Waals surface area contributed by atoms with E-state index in [1.807, 2.05) is 23.7 Å². The summed E-state index contributed by atoms with van der Waals surface area (Å²) in [7, 11) is 2.25. The Morgan fingerprint density at radius 2 is 2.13 bits per heavy atom. The maximum Gasteiger partial charge on any atom is 0.191 e. The Bertz CT molecular complexity index is 964. The molecule has 2 aromatic heterocycles. The summed E-state index contributed by atoms with van der Waals surface area (Å²) in [6.07, 6.45) is 5.45. The predicted octanol–water partition coefficient (Wildman–Crippen LogP) is 4.13. The van der Waals surface area contributed by atoms with Crippen LogP contribution >= 0.6 is 11.3 Å². The van der Waals surface area contributed by atoms with Gasteiger partial charge in [0.15, 0.2) is 5.96 Å². The predicted molar refractivity (Wildman–Crippen MR) is 131 cm³/mol. The van der Waals surface area contributed by atoms with E-state index in [0.717, 1.165) is 44.1 Å². The summed E-state index contributed by atoms with van der Waals surface area (Å²) in [5.74, 6) is 1.49. The highest BCUT2D eigenvalue weighted by molar-refractivity contribution is 7.10. The van der Waals surface area contributed by atoms with Gasteiger partial charge in [-0.1, -0.05) is 18.2 Å². The van der Waals surface area contributed by atoms with Gasteiger partial charge in [0, 0.05) is 37.1 Å². The normalized spacial score (nSPS) is 20.3. The number of nitrogens with zero attached hydrogens (tertiary/aromatic N) is 4. The highest BCUT2D eigenvalue weighted by Crippen LogP contribution is 2.37. The van der Waals surface area contributed by atoms with Crippen molar-refractivity contribution in [3.05, 3.63) is 53.0 Å². The Labute approximate surface area is 189 Å². The van der Waals surface area contributed by atoms with Gasteiger partial charge in [0.2, 0.25) is 0 Å². The first-order valence-corrected chi connectivity index (χ1v) is 12.3. The molecule has 1 fully saturated rings. The van der Waals surface area contributed by atoms with E-state index in [-0.39, 0.29) is 0 Å². The molecule has 1 aliphatic rings. The number of aromatic nitrogens is 2.